The van der Waals surface area contributed by atoms with E-state index in [1.165, 1.54) is 11.3 Å². The third-order valence-corrected chi connectivity index (χ3v) is 5.17. The molecule has 1 aromatic heterocycles. The van der Waals surface area contributed by atoms with Gasteiger partial charge in [0.15, 0.2) is 11.7 Å². The molecule has 0 radical (unpaired) electrons. The van der Waals surface area contributed by atoms with E-state index in [1.54, 1.807) is 35.8 Å². The van der Waals surface area contributed by atoms with Gasteiger partial charge in [0.2, 0.25) is 0 Å². The molecule has 6 nitrogen and oxygen atoms in total. The number of carbonyl (C=O) groups is 2. The lowest BCUT2D eigenvalue weighted by Gasteiger charge is -2.15. The van der Waals surface area contributed by atoms with Crippen molar-refractivity contribution in [1.29, 1.82) is 0 Å². The maximum absolute atomic E-state index is 12.3. The summed E-state index contributed by atoms with van der Waals surface area (Å²) in [6.45, 7) is 4.14. The van der Waals surface area contributed by atoms with Gasteiger partial charge >= 0.3 is 0 Å². The summed E-state index contributed by atoms with van der Waals surface area (Å²) < 4.78 is 5.74. The normalized spacial score (nSPS) is 11.5. The molecule has 1 atom stereocenters. The molecule has 0 fully saturated rings. The summed E-state index contributed by atoms with van der Waals surface area (Å²) in [6, 6.07) is 14.5. The van der Waals surface area contributed by atoms with Crippen LogP contribution in [0.15, 0.2) is 60.1 Å². The maximum Gasteiger partial charge on any atom is 0.262 e. The van der Waals surface area contributed by atoms with E-state index >= 15 is 0 Å². The fourth-order valence-electron chi connectivity index (χ4n) is 2.77. The number of nitrogens with zero attached hydrogens (tertiary/aromatic N) is 1. The minimum atomic E-state index is -0.290. The number of nitrogens with one attached hydrogen (secondary N) is 2. The Morgan fingerprint density at radius 3 is 2.72 bits per heavy atom. The van der Waals surface area contributed by atoms with E-state index in [0.717, 1.165) is 12.0 Å². The van der Waals surface area contributed by atoms with Crippen LogP contribution in [-0.2, 0) is 4.79 Å². The molecule has 3 aromatic rings. The Morgan fingerprint density at radius 1 is 1.14 bits per heavy atom. The number of carbonyl (C=O) groups excluding carboxylic acids is 2. The topological polar surface area (TPSA) is 80.3 Å². The maximum atomic E-state index is 12.3. The number of anilines is 2. The van der Waals surface area contributed by atoms with Crippen LogP contribution in [0.5, 0.6) is 5.75 Å². The van der Waals surface area contributed by atoms with Crippen LogP contribution in [0, 0.1) is 0 Å². The van der Waals surface area contributed by atoms with Crippen molar-refractivity contribution in [3.05, 3.63) is 71.2 Å². The lowest BCUT2D eigenvalue weighted by atomic mass is 9.98. The van der Waals surface area contributed by atoms with Gasteiger partial charge in [-0.25, -0.2) is 4.98 Å². The number of ether oxygens (including phenoxy) is 1. The third-order valence-electron chi connectivity index (χ3n) is 4.48. The monoisotopic (exact) mass is 409 g/mol. The van der Waals surface area contributed by atoms with Gasteiger partial charge in [0, 0.05) is 22.8 Å². The van der Waals surface area contributed by atoms with Gasteiger partial charge in [0.05, 0.1) is 0 Å². The van der Waals surface area contributed by atoms with E-state index < -0.39 is 0 Å². The van der Waals surface area contributed by atoms with E-state index in [2.05, 4.69) is 29.5 Å². The Morgan fingerprint density at radius 2 is 1.97 bits per heavy atom. The smallest absolute Gasteiger partial charge is 0.262 e. The number of benzene rings is 2. The quantitative estimate of drug-likeness (QED) is 0.553. The zero-order chi connectivity index (χ0) is 20.6. The Labute approximate surface area is 173 Å². The fourth-order valence-corrected chi connectivity index (χ4v) is 3.30. The zero-order valence-electron chi connectivity index (χ0n) is 16.3. The minimum absolute atomic E-state index is 0.108. The van der Waals surface area contributed by atoms with Gasteiger partial charge in [-0.05, 0) is 42.2 Å². The summed E-state index contributed by atoms with van der Waals surface area (Å²) in [6.07, 6.45) is 2.61. The molecule has 2 amide bonds. The molecule has 0 aliphatic rings. The SMILES string of the molecule is CC[C@@H](C)c1ccccc1OCC(=O)Nc1cccc(C(=O)Nc2nccs2)c1. The van der Waals surface area contributed by atoms with E-state index in [9.17, 15) is 9.59 Å². The van der Waals surface area contributed by atoms with Crippen LogP contribution in [0.1, 0.15) is 42.1 Å². The summed E-state index contributed by atoms with van der Waals surface area (Å²) in [4.78, 5) is 28.7. The zero-order valence-corrected chi connectivity index (χ0v) is 17.2. The second-order valence-electron chi connectivity index (χ2n) is 6.56. The standard InChI is InChI=1S/C22H23N3O3S/c1-3-15(2)18-9-4-5-10-19(18)28-14-20(26)24-17-8-6-7-16(13-17)21(27)25-22-23-11-12-29-22/h4-13,15H,3,14H2,1-2H3,(H,24,26)(H,23,25,27)/t15-/m1/s1. The van der Waals surface area contributed by atoms with E-state index in [0.29, 0.717) is 28.0 Å². The van der Waals surface area contributed by atoms with Gasteiger partial charge in [-0.1, -0.05) is 38.1 Å². The molecular weight excluding hydrogens is 386 g/mol. The second kappa shape index (κ2) is 9.84. The van der Waals surface area contributed by atoms with E-state index in [4.69, 9.17) is 4.74 Å². The first kappa shape index (κ1) is 20.5. The van der Waals surface area contributed by atoms with Crippen LogP contribution < -0.4 is 15.4 Å². The molecule has 7 heteroatoms. The van der Waals surface area contributed by atoms with Crippen LogP contribution in [0.25, 0.3) is 0 Å². The van der Waals surface area contributed by atoms with Crippen molar-refractivity contribution >= 4 is 34.0 Å². The third kappa shape index (κ3) is 5.65. The molecule has 0 saturated heterocycles. The molecule has 1 heterocycles. The number of aromatic nitrogens is 1. The molecule has 0 spiro atoms. The molecule has 2 N–H and O–H groups in total. The van der Waals surface area contributed by atoms with E-state index in [-0.39, 0.29) is 18.4 Å². The van der Waals surface area contributed by atoms with Gasteiger partial charge in [-0.2, -0.15) is 0 Å². The highest BCUT2D eigenvalue weighted by Gasteiger charge is 2.12. The Bertz CT molecular complexity index is 973. The van der Waals surface area contributed by atoms with Gasteiger partial charge < -0.3 is 10.1 Å². The van der Waals surface area contributed by atoms with Crippen LogP contribution in [0.2, 0.25) is 0 Å². The minimum Gasteiger partial charge on any atom is -0.483 e. The number of hydrogen-bond donors (Lipinski definition) is 2. The average Bonchev–Trinajstić information content (AvgIpc) is 3.25. The first-order valence-corrected chi connectivity index (χ1v) is 10.3. The molecule has 0 aliphatic carbocycles. The number of amides is 2. The van der Waals surface area contributed by atoms with Crippen molar-refractivity contribution < 1.29 is 14.3 Å². The summed E-state index contributed by atoms with van der Waals surface area (Å²) in [5.74, 6) is 0.493. The van der Waals surface area contributed by atoms with Gasteiger partial charge in [-0.3, -0.25) is 14.9 Å². The fraction of sp³-hybridized carbons (Fsp3) is 0.227. The van der Waals surface area contributed by atoms with Crippen molar-refractivity contribution in [2.75, 3.05) is 17.2 Å². The highest BCUT2D eigenvalue weighted by molar-refractivity contribution is 7.13. The highest BCUT2D eigenvalue weighted by Crippen LogP contribution is 2.28. The molecule has 0 unspecified atom stereocenters. The van der Waals surface area contributed by atoms with Crippen molar-refractivity contribution in [1.82, 2.24) is 4.98 Å². The number of hydrogen-bond acceptors (Lipinski definition) is 5. The predicted molar refractivity (Wildman–Crippen MR) is 116 cm³/mol. The number of thiazole rings is 1. The highest BCUT2D eigenvalue weighted by atomic mass is 32.1. The predicted octanol–water partition coefficient (Wildman–Crippen LogP) is 4.93. The number of rotatable bonds is 8. The summed E-state index contributed by atoms with van der Waals surface area (Å²) >= 11 is 1.34. The molecule has 3 rings (SSSR count). The Balaban J connectivity index is 1.59. The molecule has 0 aliphatic heterocycles. The summed E-state index contributed by atoms with van der Waals surface area (Å²) in [5.41, 5.74) is 2.05. The lowest BCUT2D eigenvalue weighted by molar-refractivity contribution is -0.118. The van der Waals surface area contributed by atoms with Crippen molar-refractivity contribution in [3.8, 4) is 5.75 Å². The number of para-hydroxylation sites is 1. The Kier molecular flexibility index (Phi) is 6.97. The molecule has 2 aromatic carbocycles. The first-order valence-electron chi connectivity index (χ1n) is 9.39. The van der Waals surface area contributed by atoms with Gasteiger partial charge in [-0.15, -0.1) is 11.3 Å². The van der Waals surface area contributed by atoms with Crippen LogP contribution in [0.4, 0.5) is 10.8 Å². The molecular formula is C22H23N3O3S. The van der Waals surface area contributed by atoms with Crippen LogP contribution in [0.3, 0.4) is 0 Å². The van der Waals surface area contributed by atoms with E-state index in [1.807, 2.05) is 24.3 Å². The largest absolute Gasteiger partial charge is 0.483 e. The summed E-state index contributed by atoms with van der Waals surface area (Å²) in [5, 5.41) is 7.80. The summed E-state index contributed by atoms with van der Waals surface area (Å²) in [7, 11) is 0. The van der Waals surface area contributed by atoms with Gasteiger partial charge in [0.1, 0.15) is 5.75 Å². The van der Waals surface area contributed by atoms with Crippen LogP contribution in [-0.4, -0.2) is 23.4 Å². The van der Waals surface area contributed by atoms with Gasteiger partial charge in [0.25, 0.3) is 11.8 Å². The lowest BCUT2D eigenvalue weighted by Crippen LogP contribution is -2.21. The Hall–Kier alpha value is -3.19. The second-order valence-corrected chi connectivity index (χ2v) is 7.45. The molecule has 29 heavy (non-hydrogen) atoms. The van der Waals surface area contributed by atoms with Crippen molar-refractivity contribution in [2.24, 2.45) is 0 Å². The molecule has 150 valence electrons. The molecule has 0 saturated carbocycles. The first-order chi connectivity index (χ1) is 14.1. The average molecular weight is 410 g/mol. The molecule has 0 bridgehead atoms. The van der Waals surface area contributed by atoms with Crippen LogP contribution >= 0.6 is 11.3 Å². The van der Waals surface area contributed by atoms with Crippen molar-refractivity contribution in [3.63, 3.8) is 0 Å². The van der Waals surface area contributed by atoms with Crippen molar-refractivity contribution in [2.45, 2.75) is 26.2 Å².